The maximum Gasteiger partial charge on any atom is 0.233 e. The van der Waals surface area contributed by atoms with Gasteiger partial charge >= 0.3 is 0 Å². The van der Waals surface area contributed by atoms with Crippen LogP contribution in [0.3, 0.4) is 0 Å². The van der Waals surface area contributed by atoms with Crippen molar-refractivity contribution in [1.29, 1.82) is 0 Å². The second-order valence-corrected chi connectivity index (χ2v) is 8.69. The third-order valence-electron chi connectivity index (χ3n) is 6.99. The van der Waals surface area contributed by atoms with E-state index >= 15 is 0 Å². The molecule has 2 atom stereocenters. The Balaban J connectivity index is 1.49. The summed E-state index contributed by atoms with van der Waals surface area (Å²) >= 11 is 0. The Hall–Kier alpha value is -1.43. The van der Waals surface area contributed by atoms with Crippen molar-refractivity contribution in [2.24, 2.45) is 11.8 Å². The van der Waals surface area contributed by atoms with E-state index in [0.29, 0.717) is 6.54 Å². The van der Waals surface area contributed by atoms with Gasteiger partial charge in [0.1, 0.15) is 5.54 Å². The van der Waals surface area contributed by atoms with Gasteiger partial charge in [-0.05, 0) is 25.7 Å². The van der Waals surface area contributed by atoms with Crippen LogP contribution in [-0.2, 0) is 14.4 Å². The molecule has 0 radical (unpaired) electrons. The van der Waals surface area contributed by atoms with E-state index in [1.54, 1.807) is 0 Å². The predicted octanol–water partition coefficient (Wildman–Crippen LogP) is 0.515. The van der Waals surface area contributed by atoms with Crippen LogP contribution in [0.15, 0.2) is 0 Å². The van der Waals surface area contributed by atoms with Crippen molar-refractivity contribution in [3.63, 3.8) is 0 Å². The zero-order valence-corrected chi connectivity index (χ0v) is 16.3. The summed E-state index contributed by atoms with van der Waals surface area (Å²) in [5, 5.41) is 3.08. The van der Waals surface area contributed by atoms with Gasteiger partial charge in [-0.15, -0.1) is 0 Å². The predicted molar refractivity (Wildman–Crippen MR) is 98.4 cm³/mol. The van der Waals surface area contributed by atoms with Crippen molar-refractivity contribution in [2.45, 2.75) is 69.7 Å². The van der Waals surface area contributed by atoms with E-state index in [2.05, 4.69) is 19.4 Å². The number of hydrogen-bond donors (Lipinski definition) is 2. The highest BCUT2D eigenvalue weighted by atomic mass is 16.2. The molecule has 6 nitrogen and oxygen atoms in total. The topological polar surface area (TPSA) is 70.9 Å². The van der Waals surface area contributed by atoms with Gasteiger partial charge in [0.15, 0.2) is 0 Å². The number of fused-ring (bicyclic) bond motifs is 1. The summed E-state index contributed by atoms with van der Waals surface area (Å²) in [7, 11) is 4.33. The maximum absolute atomic E-state index is 12.5. The summed E-state index contributed by atoms with van der Waals surface area (Å²) in [4.78, 5) is 40.1. The molecule has 3 rings (SSSR count). The SMILES string of the molecule is C[NH+](C)C1(CNC(=O)CCN2C(=O)[C@H]3CCCC[C@H]3C2=O)CCCCC1. The van der Waals surface area contributed by atoms with E-state index in [0.717, 1.165) is 38.5 Å². The molecule has 0 spiro atoms. The molecule has 146 valence electrons. The van der Waals surface area contributed by atoms with Crippen LogP contribution in [0.25, 0.3) is 0 Å². The first-order valence-electron chi connectivity index (χ1n) is 10.4. The van der Waals surface area contributed by atoms with Crippen molar-refractivity contribution in [2.75, 3.05) is 27.2 Å². The Morgan fingerprint density at radius 1 is 1.04 bits per heavy atom. The molecule has 0 aromatic rings. The first-order valence-corrected chi connectivity index (χ1v) is 10.4. The smallest absolute Gasteiger partial charge is 0.233 e. The van der Waals surface area contributed by atoms with Crippen LogP contribution in [0.5, 0.6) is 0 Å². The van der Waals surface area contributed by atoms with E-state index in [4.69, 9.17) is 0 Å². The van der Waals surface area contributed by atoms with Crippen molar-refractivity contribution < 1.29 is 19.3 Å². The lowest BCUT2D eigenvalue weighted by atomic mass is 9.80. The molecular weight excluding hydrogens is 330 g/mol. The summed E-state index contributed by atoms with van der Waals surface area (Å²) in [6.45, 7) is 0.916. The Morgan fingerprint density at radius 3 is 2.15 bits per heavy atom. The second kappa shape index (κ2) is 8.07. The highest BCUT2D eigenvalue weighted by Crippen LogP contribution is 2.37. The second-order valence-electron chi connectivity index (χ2n) is 8.69. The van der Waals surface area contributed by atoms with Crippen LogP contribution in [0.4, 0.5) is 0 Å². The number of imide groups is 1. The molecular formula is C20H34N3O3+. The average Bonchev–Trinajstić information content (AvgIpc) is 2.90. The van der Waals surface area contributed by atoms with E-state index < -0.39 is 0 Å². The van der Waals surface area contributed by atoms with Crippen molar-refractivity contribution in [3.8, 4) is 0 Å². The number of amides is 3. The zero-order chi connectivity index (χ0) is 18.7. The number of likely N-dealkylation sites (N-methyl/N-ethyl adjacent to an activating group) is 1. The van der Waals surface area contributed by atoms with Gasteiger partial charge in [-0.3, -0.25) is 19.3 Å². The molecule has 2 N–H and O–H groups in total. The highest BCUT2D eigenvalue weighted by Gasteiger charge is 2.48. The molecule has 0 aromatic heterocycles. The molecule has 3 aliphatic rings. The van der Waals surface area contributed by atoms with Gasteiger partial charge < -0.3 is 10.2 Å². The van der Waals surface area contributed by atoms with E-state index in [-0.39, 0.29) is 48.1 Å². The lowest BCUT2D eigenvalue weighted by Crippen LogP contribution is -3.16. The fourth-order valence-electron chi connectivity index (χ4n) is 5.10. The maximum atomic E-state index is 12.5. The lowest BCUT2D eigenvalue weighted by Gasteiger charge is -2.39. The largest absolute Gasteiger partial charge is 0.350 e. The van der Waals surface area contributed by atoms with Crippen LogP contribution in [0.1, 0.15) is 64.2 Å². The molecule has 1 saturated heterocycles. The third kappa shape index (κ3) is 3.80. The van der Waals surface area contributed by atoms with Gasteiger partial charge in [-0.2, -0.15) is 0 Å². The van der Waals surface area contributed by atoms with Crippen molar-refractivity contribution in [3.05, 3.63) is 0 Å². The molecule has 1 heterocycles. The Labute approximate surface area is 156 Å². The molecule has 1 aliphatic heterocycles. The van der Waals surface area contributed by atoms with Gasteiger partial charge in [-0.25, -0.2) is 0 Å². The van der Waals surface area contributed by atoms with E-state index in [1.165, 1.54) is 29.1 Å². The minimum atomic E-state index is -0.123. The monoisotopic (exact) mass is 364 g/mol. The summed E-state index contributed by atoms with van der Waals surface area (Å²) in [6, 6.07) is 0. The summed E-state index contributed by atoms with van der Waals surface area (Å²) < 4.78 is 0. The molecule has 6 heteroatoms. The minimum absolute atomic E-state index is 0.0472. The Kier molecular flexibility index (Phi) is 6.00. The summed E-state index contributed by atoms with van der Waals surface area (Å²) in [5.41, 5.74) is 0.127. The molecule has 3 fully saturated rings. The quantitative estimate of drug-likeness (QED) is 0.675. The molecule has 26 heavy (non-hydrogen) atoms. The van der Waals surface area contributed by atoms with Crippen LogP contribution in [0.2, 0.25) is 0 Å². The number of likely N-dealkylation sites (tertiary alicyclic amines) is 1. The molecule has 3 amide bonds. The van der Waals surface area contributed by atoms with Gasteiger partial charge in [0.2, 0.25) is 17.7 Å². The zero-order valence-electron chi connectivity index (χ0n) is 16.3. The van der Waals surface area contributed by atoms with Crippen LogP contribution in [-0.4, -0.2) is 55.3 Å². The molecule has 0 aromatic carbocycles. The number of quaternary nitrogens is 1. The van der Waals surface area contributed by atoms with E-state index in [9.17, 15) is 14.4 Å². The highest BCUT2D eigenvalue weighted by molar-refractivity contribution is 6.05. The number of carbonyl (C=O) groups is 3. The van der Waals surface area contributed by atoms with Crippen LogP contribution >= 0.6 is 0 Å². The van der Waals surface area contributed by atoms with Gasteiger partial charge in [0.05, 0.1) is 32.5 Å². The Morgan fingerprint density at radius 2 is 1.62 bits per heavy atom. The van der Waals surface area contributed by atoms with Crippen LogP contribution < -0.4 is 10.2 Å². The molecule has 0 unspecified atom stereocenters. The number of hydrogen-bond acceptors (Lipinski definition) is 3. The number of rotatable bonds is 6. The fourth-order valence-corrected chi connectivity index (χ4v) is 5.10. The van der Waals surface area contributed by atoms with Gasteiger partial charge in [0.25, 0.3) is 0 Å². The Bertz CT molecular complexity index is 531. The van der Waals surface area contributed by atoms with Crippen LogP contribution in [0, 0.1) is 11.8 Å². The third-order valence-corrected chi connectivity index (χ3v) is 6.99. The lowest BCUT2D eigenvalue weighted by molar-refractivity contribution is -0.916. The average molecular weight is 365 g/mol. The van der Waals surface area contributed by atoms with Gasteiger partial charge in [0, 0.05) is 25.8 Å². The van der Waals surface area contributed by atoms with Gasteiger partial charge in [-0.1, -0.05) is 19.3 Å². The first kappa shape index (κ1) is 19.3. The normalized spacial score (nSPS) is 28.3. The van der Waals surface area contributed by atoms with Crippen molar-refractivity contribution in [1.82, 2.24) is 10.2 Å². The standard InChI is InChI=1S/C20H33N3O3/c1-22(2)20(11-6-3-7-12-20)14-21-17(24)10-13-23-18(25)15-8-4-5-9-16(15)19(23)26/h15-16H,3-14H2,1-2H3,(H,21,24)/p+1/t15-,16+. The fraction of sp³-hybridized carbons (Fsp3) is 0.850. The number of carbonyl (C=O) groups excluding carboxylic acids is 3. The molecule has 2 saturated carbocycles. The first-order chi connectivity index (χ1) is 12.4. The van der Waals surface area contributed by atoms with E-state index in [1.807, 2.05) is 0 Å². The number of nitrogens with zero attached hydrogens (tertiary/aromatic N) is 1. The molecule has 2 aliphatic carbocycles. The van der Waals surface area contributed by atoms with Crippen molar-refractivity contribution >= 4 is 17.7 Å². The summed E-state index contributed by atoms with van der Waals surface area (Å²) in [5.74, 6) is -0.390. The summed E-state index contributed by atoms with van der Waals surface area (Å²) in [6.07, 6.45) is 9.94. The number of nitrogens with one attached hydrogen (secondary N) is 2. The minimum Gasteiger partial charge on any atom is -0.350 e. The molecule has 0 bridgehead atoms.